The van der Waals surface area contributed by atoms with Gasteiger partial charge in [-0.1, -0.05) is 65.5 Å². The molecular formula is C10H19I2N. The molecule has 1 unspecified atom stereocenters. The maximum Gasteiger partial charge on any atom is 0.0389 e. The number of hydrogen-bond donors (Lipinski definition) is 1. The highest BCUT2D eigenvalue weighted by molar-refractivity contribution is 14.1. The summed E-state index contributed by atoms with van der Waals surface area (Å²) in [6.07, 6.45) is 4.04. The Balaban J connectivity index is 2.59. The first-order chi connectivity index (χ1) is 6.11. The summed E-state index contributed by atoms with van der Waals surface area (Å²) in [5.41, 5.74) is 0. The summed E-state index contributed by atoms with van der Waals surface area (Å²) in [6.45, 7) is 7.11. The van der Waals surface area contributed by atoms with Crippen molar-refractivity contribution in [2.75, 3.05) is 13.1 Å². The first kappa shape index (κ1) is 12.5. The van der Waals surface area contributed by atoms with E-state index in [2.05, 4.69) is 64.3 Å². The second-order valence-corrected chi connectivity index (χ2v) is 7.55. The molecule has 0 aliphatic carbocycles. The van der Waals surface area contributed by atoms with E-state index in [1.54, 1.807) is 0 Å². The smallest absolute Gasteiger partial charge is 0.0389 e. The van der Waals surface area contributed by atoms with E-state index in [0.29, 0.717) is 3.42 Å². The Morgan fingerprint density at radius 3 is 2.85 bits per heavy atom. The summed E-state index contributed by atoms with van der Waals surface area (Å²) in [5, 5.41) is 3.47. The molecule has 0 bridgehead atoms. The number of halogens is 2. The van der Waals surface area contributed by atoms with Crippen LogP contribution < -0.4 is 5.32 Å². The monoisotopic (exact) mass is 407 g/mol. The van der Waals surface area contributed by atoms with Crippen molar-refractivity contribution in [1.82, 2.24) is 5.32 Å². The number of rotatable bonds is 3. The fraction of sp³-hybridized carbons (Fsp3) is 1.00. The van der Waals surface area contributed by atoms with Gasteiger partial charge in [-0.05, 0) is 25.3 Å². The van der Waals surface area contributed by atoms with Gasteiger partial charge in [0.25, 0.3) is 0 Å². The van der Waals surface area contributed by atoms with Crippen LogP contribution in [0.3, 0.4) is 0 Å². The Hall–Kier alpha value is 1.42. The Labute approximate surface area is 109 Å². The molecule has 0 amide bonds. The molecule has 1 heterocycles. The lowest BCUT2D eigenvalue weighted by molar-refractivity contribution is 0.333. The summed E-state index contributed by atoms with van der Waals surface area (Å²) in [4.78, 5) is 0. The Morgan fingerprint density at radius 1 is 1.62 bits per heavy atom. The molecule has 1 rings (SSSR count). The molecule has 3 atom stereocenters. The molecule has 0 aromatic carbocycles. The van der Waals surface area contributed by atoms with Crippen LogP contribution in [0.4, 0.5) is 0 Å². The predicted molar refractivity (Wildman–Crippen MR) is 76.1 cm³/mol. The van der Waals surface area contributed by atoms with Crippen LogP contribution in [0.25, 0.3) is 0 Å². The highest BCUT2D eigenvalue weighted by Gasteiger charge is 2.40. The molecule has 78 valence electrons. The third-order valence-electron chi connectivity index (χ3n) is 3.07. The minimum absolute atomic E-state index is 0.541. The van der Waals surface area contributed by atoms with Crippen molar-refractivity contribution in [1.29, 1.82) is 0 Å². The molecular weight excluding hydrogens is 388 g/mol. The van der Waals surface area contributed by atoms with Crippen LogP contribution in [0.5, 0.6) is 0 Å². The molecule has 1 aliphatic rings. The first-order valence-electron chi connectivity index (χ1n) is 5.15. The molecule has 1 nitrogen and oxygen atoms in total. The molecule has 3 heteroatoms. The highest BCUT2D eigenvalue weighted by atomic mass is 127. The first-order valence-corrected chi connectivity index (χ1v) is 7.47. The van der Waals surface area contributed by atoms with E-state index in [9.17, 15) is 0 Å². The van der Waals surface area contributed by atoms with Crippen LogP contribution in [-0.4, -0.2) is 20.4 Å². The molecule has 1 N–H and O–H groups in total. The third-order valence-corrected chi connectivity index (χ3v) is 8.17. The fourth-order valence-electron chi connectivity index (χ4n) is 2.06. The van der Waals surface area contributed by atoms with Gasteiger partial charge in [0.2, 0.25) is 0 Å². The Morgan fingerprint density at radius 2 is 2.31 bits per heavy atom. The molecule has 0 aromatic heterocycles. The van der Waals surface area contributed by atoms with Gasteiger partial charge in [0.05, 0.1) is 0 Å². The van der Waals surface area contributed by atoms with E-state index in [1.165, 1.54) is 32.4 Å². The van der Waals surface area contributed by atoms with Gasteiger partial charge in [-0.25, -0.2) is 0 Å². The van der Waals surface area contributed by atoms with E-state index in [4.69, 9.17) is 0 Å². The molecule has 0 saturated carbocycles. The topological polar surface area (TPSA) is 12.0 Å². The molecule has 1 aliphatic heterocycles. The second kappa shape index (κ2) is 5.49. The molecule has 13 heavy (non-hydrogen) atoms. The standard InChI is InChI=1S/C10H19I2N/c1-3-4-8(2)10(12)5-6-13-7-9(10)11/h8-9,13H,3-7H2,1-2H3/t8?,9-,10-/m1/s1. The average Bonchev–Trinajstić information content (AvgIpc) is 2.11. The summed E-state index contributed by atoms with van der Waals surface area (Å²) in [7, 11) is 0. The fourth-order valence-corrected chi connectivity index (χ4v) is 4.10. The lowest BCUT2D eigenvalue weighted by Gasteiger charge is -2.42. The SMILES string of the molecule is CCCC(C)[C@]1(I)CCNC[C@H]1I. The van der Waals surface area contributed by atoms with Crippen LogP contribution in [-0.2, 0) is 0 Å². The molecule has 0 spiro atoms. The van der Waals surface area contributed by atoms with E-state index < -0.39 is 0 Å². The number of hydrogen-bond acceptors (Lipinski definition) is 1. The van der Waals surface area contributed by atoms with Gasteiger partial charge in [0, 0.05) is 13.9 Å². The highest BCUT2D eigenvalue weighted by Crippen LogP contribution is 2.42. The van der Waals surface area contributed by atoms with E-state index >= 15 is 0 Å². The van der Waals surface area contributed by atoms with Gasteiger partial charge in [0.1, 0.15) is 0 Å². The van der Waals surface area contributed by atoms with Crippen molar-refractivity contribution in [2.24, 2.45) is 5.92 Å². The summed E-state index contributed by atoms with van der Waals surface area (Å²) < 4.78 is 1.33. The van der Waals surface area contributed by atoms with Crippen LogP contribution in [0.15, 0.2) is 0 Å². The van der Waals surface area contributed by atoms with E-state index in [1.807, 2.05) is 0 Å². The van der Waals surface area contributed by atoms with Crippen molar-refractivity contribution < 1.29 is 0 Å². The average molecular weight is 407 g/mol. The molecule has 0 radical (unpaired) electrons. The molecule has 1 saturated heterocycles. The van der Waals surface area contributed by atoms with Crippen molar-refractivity contribution in [3.8, 4) is 0 Å². The maximum atomic E-state index is 3.47. The van der Waals surface area contributed by atoms with Gasteiger partial charge in [-0.15, -0.1) is 0 Å². The lowest BCUT2D eigenvalue weighted by Crippen LogP contribution is -2.50. The van der Waals surface area contributed by atoms with E-state index in [-0.39, 0.29) is 0 Å². The Kier molecular flexibility index (Phi) is 5.27. The zero-order valence-electron chi connectivity index (χ0n) is 8.45. The van der Waals surface area contributed by atoms with Gasteiger partial charge in [0.15, 0.2) is 0 Å². The van der Waals surface area contributed by atoms with Crippen LogP contribution in [0.2, 0.25) is 0 Å². The van der Waals surface area contributed by atoms with Crippen molar-refractivity contribution >= 4 is 45.2 Å². The number of piperidine rings is 1. The van der Waals surface area contributed by atoms with Crippen molar-refractivity contribution in [3.63, 3.8) is 0 Å². The van der Waals surface area contributed by atoms with Gasteiger partial charge < -0.3 is 5.32 Å². The lowest BCUT2D eigenvalue weighted by atomic mass is 9.83. The molecule has 0 aromatic rings. The predicted octanol–water partition coefficient (Wildman–Crippen LogP) is 3.39. The quantitative estimate of drug-likeness (QED) is 0.559. The minimum atomic E-state index is 0.541. The largest absolute Gasteiger partial charge is 0.316 e. The third kappa shape index (κ3) is 2.93. The summed E-state index contributed by atoms with van der Waals surface area (Å²) >= 11 is 5.34. The van der Waals surface area contributed by atoms with Gasteiger partial charge in [-0.2, -0.15) is 0 Å². The summed E-state index contributed by atoms with van der Waals surface area (Å²) in [6, 6.07) is 0. The number of alkyl halides is 2. The zero-order chi connectivity index (χ0) is 9.90. The normalized spacial score (nSPS) is 37.4. The summed E-state index contributed by atoms with van der Waals surface area (Å²) in [5.74, 6) is 0.863. The van der Waals surface area contributed by atoms with E-state index in [0.717, 1.165) is 9.84 Å². The van der Waals surface area contributed by atoms with Gasteiger partial charge in [-0.3, -0.25) is 0 Å². The van der Waals surface area contributed by atoms with Crippen LogP contribution in [0.1, 0.15) is 33.1 Å². The van der Waals surface area contributed by atoms with Crippen LogP contribution in [0, 0.1) is 5.92 Å². The maximum absolute atomic E-state index is 3.47. The molecule has 1 fully saturated rings. The zero-order valence-corrected chi connectivity index (χ0v) is 12.8. The second-order valence-electron chi connectivity index (χ2n) is 4.04. The van der Waals surface area contributed by atoms with Crippen LogP contribution >= 0.6 is 45.2 Å². The van der Waals surface area contributed by atoms with Gasteiger partial charge >= 0.3 is 0 Å². The van der Waals surface area contributed by atoms with Crippen molar-refractivity contribution in [2.45, 2.75) is 40.5 Å². The Bertz CT molecular complexity index is 163. The van der Waals surface area contributed by atoms with Crippen molar-refractivity contribution in [3.05, 3.63) is 0 Å². The minimum Gasteiger partial charge on any atom is -0.316 e. The number of nitrogens with one attached hydrogen (secondary N) is 1.